The minimum atomic E-state index is -1.20. The Hall–Kier alpha value is -2.26. The van der Waals surface area contributed by atoms with Crippen molar-refractivity contribution in [2.45, 2.75) is 65.9 Å². The third kappa shape index (κ3) is 9.38. The minimum Gasteiger partial charge on any atom is -0.569 e. The number of aliphatic carboxylic acids is 1. The van der Waals surface area contributed by atoms with Gasteiger partial charge in [0.1, 0.15) is 5.60 Å². The monoisotopic (exact) mass is 335 g/mol. The summed E-state index contributed by atoms with van der Waals surface area (Å²) in [7, 11) is 0. The first kappa shape index (κ1) is 20.7. The number of carbonyl (C=O) groups excluding carboxylic acids is 1. The molecular weight excluding hydrogens is 310 g/mol. The van der Waals surface area contributed by atoms with E-state index in [0.29, 0.717) is 0 Å². The van der Waals surface area contributed by atoms with Gasteiger partial charge in [-0.05, 0) is 41.5 Å². The fraction of sp³-hybridized carbons (Fsp3) is 0.846. The molecule has 0 radical (unpaired) electrons. The van der Waals surface area contributed by atoms with E-state index < -0.39 is 36.1 Å². The fourth-order valence-corrected chi connectivity index (χ4v) is 1.26. The van der Waals surface area contributed by atoms with Gasteiger partial charge in [0.25, 0.3) is 6.29 Å². The molecule has 1 atom stereocenters. The van der Waals surface area contributed by atoms with Gasteiger partial charge in [-0.25, -0.2) is 4.79 Å². The Bertz CT molecular complexity index is 451. The molecule has 134 valence electrons. The first-order chi connectivity index (χ1) is 10.2. The molecule has 0 aliphatic rings. The van der Waals surface area contributed by atoms with E-state index in [0.717, 1.165) is 5.01 Å². The smallest absolute Gasteiger partial charge is 0.511 e. The van der Waals surface area contributed by atoms with E-state index in [-0.39, 0.29) is 4.97 Å². The molecule has 10 nitrogen and oxygen atoms in total. The van der Waals surface area contributed by atoms with E-state index in [1.165, 1.54) is 6.92 Å². The molecule has 0 amide bonds. The number of rotatable bonds is 6. The second-order valence-corrected chi connectivity index (χ2v) is 6.71. The van der Waals surface area contributed by atoms with Gasteiger partial charge in [-0.15, -0.1) is 5.01 Å². The summed E-state index contributed by atoms with van der Waals surface area (Å²) < 4.78 is 9.65. The van der Waals surface area contributed by atoms with Gasteiger partial charge in [-0.3, -0.25) is 9.63 Å². The lowest BCUT2D eigenvalue weighted by Gasteiger charge is -2.28. The predicted octanol–water partition coefficient (Wildman–Crippen LogP) is 2.28. The molecule has 0 heterocycles. The van der Waals surface area contributed by atoms with Crippen molar-refractivity contribution in [2.24, 2.45) is 5.28 Å². The fourth-order valence-electron chi connectivity index (χ4n) is 1.26. The van der Waals surface area contributed by atoms with Crippen molar-refractivity contribution in [1.82, 2.24) is 5.01 Å². The highest BCUT2D eigenvalue weighted by Gasteiger charge is 2.31. The van der Waals surface area contributed by atoms with E-state index in [4.69, 9.17) is 19.4 Å². The Labute approximate surface area is 135 Å². The summed E-state index contributed by atoms with van der Waals surface area (Å²) in [5.74, 6) is -1.20. The van der Waals surface area contributed by atoms with Crippen molar-refractivity contribution < 1.29 is 34.0 Å². The molecule has 23 heavy (non-hydrogen) atoms. The van der Waals surface area contributed by atoms with Crippen LogP contribution in [0, 0.1) is 5.21 Å². The normalized spacial score (nSPS) is 14.0. The molecule has 0 aromatic heterocycles. The van der Waals surface area contributed by atoms with Crippen molar-refractivity contribution >= 4 is 12.1 Å². The molecule has 1 N–H and O–H groups in total. The van der Waals surface area contributed by atoms with Crippen LogP contribution in [0.5, 0.6) is 0 Å². The Morgan fingerprint density at radius 2 is 1.78 bits per heavy atom. The Morgan fingerprint density at radius 3 is 2.17 bits per heavy atom. The summed E-state index contributed by atoms with van der Waals surface area (Å²) in [5, 5.41) is 24.8. The van der Waals surface area contributed by atoms with Crippen LogP contribution >= 0.6 is 0 Å². The predicted molar refractivity (Wildman–Crippen MR) is 78.0 cm³/mol. The van der Waals surface area contributed by atoms with Crippen molar-refractivity contribution in [2.75, 3.05) is 6.54 Å². The van der Waals surface area contributed by atoms with Crippen molar-refractivity contribution in [3.8, 4) is 0 Å². The first-order valence-electron chi connectivity index (χ1n) is 6.95. The molecular formula is C13H25N3O7. The van der Waals surface area contributed by atoms with Crippen LogP contribution in [0.4, 0.5) is 4.79 Å². The summed E-state index contributed by atoms with van der Waals surface area (Å²) in [5.41, 5.74) is -1.54. The average molecular weight is 335 g/mol. The topological polar surface area (TPSA) is 124 Å². The lowest BCUT2D eigenvalue weighted by Crippen LogP contribution is -2.48. The van der Waals surface area contributed by atoms with Crippen LogP contribution in [0.2, 0.25) is 0 Å². The van der Waals surface area contributed by atoms with E-state index >= 15 is 0 Å². The Balaban J connectivity index is 4.72. The number of hydrogen-bond donors (Lipinski definition) is 1. The van der Waals surface area contributed by atoms with Crippen LogP contribution in [0.15, 0.2) is 5.28 Å². The molecule has 0 rings (SSSR count). The highest BCUT2D eigenvalue weighted by molar-refractivity contribution is 5.68. The summed E-state index contributed by atoms with van der Waals surface area (Å²) in [6, 6.07) is 0. The van der Waals surface area contributed by atoms with Gasteiger partial charge in [0, 0.05) is 6.92 Å². The van der Waals surface area contributed by atoms with Crippen molar-refractivity contribution in [1.29, 1.82) is 0 Å². The second kappa shape index (κ2) is 7.84. The number of hydrazine groups is 1. The molecule has 0 spiro atoms. The summed E-state index contributed by atoms with van der Waals surface area (Å²) in [6.07, 6.45) is -2.16. The van der Waals surface area contributed by atoms with Crippen molar-refractivity contribution in [3.63, 3.8) is 0 Å². The van der Waals surface area contributed by atoms with Gasteiger partial charge >= 0.3 is 12.1 Å². The number of carboxylic acids is 1. The SMILES string of the molecule is CC(O/N=[N+](\[O-])N(CC(=O)O)C(C)(C)C)OC(=O)OC(C)(C)C. The molecule has 0 bridgehead atoms. The maximum absolute atomic E-state index is 11.9. The standard InChI is InChI=1S/C13H25N3O7/c1-9(21-11(19)22-13(5,6)7)23-14-16(20)15(8-10(17)18)12(2,3)4/h9H,8H2,1-7H3,(H,17,18)/b16-14-. The summed E-state index contributed by atoms with van der Waals surface area (Å²) in [4.78, 5) is 26.9. The molecule has 0 saturated carbocycles. The maximum atomic E-state index is 11.9. The third-order valence-electron chi connectivity index (χ3n) is 2.18. The molecule has 0 aliphatic heterocycles. The van der Waals surface area contributed by atoms with Gasteiger partial charge in [-0.2, -0.15) is 0 Å². The van der Waals surface area contributed by atoms with Crippen LogP contribution in [0.3, 0.4) is 0 Å². The Kier molecular flexibility index (Phi) is 7.07. The maximum Gasteiger partial charge on any atom is 0.511 e. The van der Waals surface area contributed by atoms with Gasteiger partial charge < -0.3 is 19.8 Å². The second-order valence-electron chi connectivity index (χ2n) is 6.71. The van der Waals surface area contributed by atoms with Gasteiger partial charge in [0.05, 0.1) is 10.5 Å². The third-order valence-corrected chi connectivity index (χ3v) is 2.18. The zero-order chi connectivity index (χ0) is 18.4. The molecule has 0 saturated heterocycles. The van der Waals surface area contributed by atoms with E-state index in [1.54, 1.807) is 41.5 Å². The highest BCUT2D eigenvalue weighted by atomic mass is 16.8. The zero-order valence-electron chi connectivity index (χ0n) is 14.5. The van der Waals surface area contributed by atoms with Crippen LogP contribution in [0.1, 0.15) is 48.5 Å². The number of carboxylic acid groups (broad SMARTS) is 1. The summed E-state index contributed by atoms with van der Waals surface area (Å²) in [6.45, 7) is 10.7. The molecule has 0 fully saturated rings. The number of nitrogens with zero attached hydrogens (tertiary/aromatic N) is 3. The molecule has 0 aromatic rings. The quantitative estimate of drug-likeness (QED) is 0.258. The molecule has 1 unspecified atom stereocenters. The van der Waals surface area contributed by atoms with Gasteiger partial charge in [0.15, 0.2) is 6.54 Å². The van der Waals surface area contributed by atoms with Gasteiger partial charge in [0.2, 0.25) is 5.28 Å². The Morgan fingerprint density at radius 1 is 1.26 bits per heavy atom. The number of ether oxygens (including phenoxy) is 2. The van der Waals surface area contributed by atoms with Crippen molar-refractivity contribution in [3.05, 3.63) is 5.21 Å². The lowest BCUT2D eigenvalue weighted by atomic mass is 10.1. The van der Waals surface area contributed by atoms with E-state index in [2.05, 4.69) is 5.28 Å². The van der Waals surface area contributed by atoms with Crippen LogP contribution in [-0.2, 0) is 19.1 Å². The zero-order valence-corrected chi connectivity index (χ0v) is 14.5. The molecule has 0 aromatic carbocycles. The number of hydrogen-bond acceptors (Lipinski definition) is 7. The molecule has 10 heteroatoms. The lowest BCUT2D eigenvalue weighted by molar-refractivity contribution is -0.725. The van der Waals surface area contributed by atoms with E-state index in [1.807, 2.05) is 0 Å². The minimum absolute atomic E-state index is 0.00305. The van der Waals surface area contributed by atoms with Crippen LogP contribution in [0.25, 0.3) is 0 Å². The first-order valence-corrected chi connectivity index (χ1v) is 6.95. The largest absolute Gasteiger partial charge is 0.569 e. The van der Waals surface area contributed by atoms with Gasteiger partial charge in [-0.1, -0.05) is 0 Å². The average Bonchev–Trinajstić information content (AvgIpc) is 2.28. The highest BCUT2D eigenvalue weighted by Crippen LogP contribution is 2.14. The van der Waals surface area contributed by atoms with E-state index in [9.17, 15) is 14.8 Å². The van der Waals surface area contributed by atoms with Crippen LogP contribution < -0.4 is 0 Å². The summed E-state index contributed by atoms with van der Waals surface area (Å²) >= 11 is 0. The number of carbonyl (C=O) groups is 2. The van der Waals surface area contributed by atoms with Crippen LogP contribution in [-0.4, -0.2) is 51.2 Å². The molecule has 0 aliphatic carbocycles.